The summed E-state index contributed by atoms with van der Waals surface area (Å²) in [6.07, 6.45) is 1.69. The van der Waals surface area contributed by atoms with Gasteiger partial charge in [0.2, 0.25) is 0 Å². The molecule has 0 saturated carbocycles. The molecule has 6 nitrogen and oxygen atoms in total. The van der Waals surface area contributed by atoms with Crippen molar-refractivity contribution in [3.63, 3.8) is 0 Å². The zero-order chi connectivity index (χ0) is 16.7. The molecule has 0 aliphatic rings. The average Bonchev–Trinajstić information content (AvgIpc) is 2.58. The molecule has 0 aliphatic carbocycles. The number of carbonyl (C=O) groups excluding carboxylic acids is 1. The van der Waals surface area contributed by atoms with E-state index in [1.165, 1.54) is 17.7 Å². The monoisotopic (exact) mass is 313 g/mol. The molecule has 0 saturated heterocycles. The summed E-state index contributed by atoms with van der Waals surface area (Å²) in [5, 5.41) is 16.5. The van der Waals surface area contributed by atoms with Crippen molar-refractivity contribution in [2.24, 2.45) is 0 Å². The first-order chi connectivity index (χ1) is 11.1. The summed E-state index contributed by atoms with van der Waals surface area (Å²) in [4.78, 5) is 22.6. The van der Waals surface area contributed by atoms with Crippen LogP contribution < -0.4 is 10.6 Å². The van der Waals surface area contributed by atoms with Gasteiger partial charge in [0.15, 0.2) is 0 Å². The SMILES string of the molecule is CNc1ccc(C(=O)NCCCc2ccccc2)cc1[N+](=O)[O-]. The highest BCUT2D eigenvalue weighted by Gasteiger charge is 2.16. The predicted octanol–water partition coefficient (Wildman–Crippen LogP) is 3.00. The first-order valence-electron chi connectivity index (χ1n) is 7.40. The smallest absolute Gasteiger partial charge is 0.293 e. The predicted molar refractivity (Wildman–Crippen MR) is 89.7 cm³/mol. The average molecular weight is 313 g/mol. The van der Waals surface area contributed by atoms with Crippen LogP contribution in [0.5, 0.6) is 0 Å². The molecule has 23 heavy (non-hydrogen) atoms. The molecule has 2 aromatic carbocycles. The number of carbonyl (C=O) groups is 1. The number of aryl methyl sites for hydroxylation is 1. The van der Waals surface area contributed by atoms with Gasteiger partial charge in [0.1, 0.15) is 5.69 Å². The molecule has 0 heterocycles. The van der Waals surface area contributed by atoms with E-state index in [9.17, 15) is 14.9 Å². The summed E-state index contributed by atoms with van der Waals surface area (Å²) in [5.74, 6) is -0.302. The van der Waals surface area contributed by atoms with E-state index in [1.54, 1.807) is 13.1 Å². The normalized spacial score (nSPS) is 10.1. The van der Waals surface area contributed by atoms with E-state index in [0.29, 0.717) is 12.2 Å². The van der Waals surface area contributed by atoms with Crippen molar-refractivity contribution < 1.29 is 9.72 Å². The molecule has 2 rings (SSSR count). The Kier molecular flexibility index (Phi) is 5.68. The van der Waals surface area contributed by atoms with Gasteiger partial charge in [-0.1, -0.05) is 30.3 Å². The van der Waals surface area contributed by atoms with E-state index in [1.807, 2.05) is 30.3 Å². The van der Waals surface area contributed by atoms with Crippen molar-refractivity contribution in [2.75, 3.05) is 18.9 Å². The second-order valence-electron chi connectivity index (χ2n) is 5.08. The molecule has 0 unspecified atom stereocenters. The molecule has 0 aliphatic heterocycles. The Morgan fingerprint density at radius 2 is 1.91 bits per heavy atom. The minimum absolute atomic E-state index is 0.107. The second kappa shape index (κ2) is 7.93. The molecule has 0 aromatic heterocycles. The number of hydrogen-bond donors (Lipinski definition) is 2. The summed E-state index contributed by atoms with van der Waals surface area (Å²) in [6, 6.07) is 14.4. The van der Waals surface area contributed by atoms with E-state index in [0.717, 1.165) is 12.8 Å². The van der Waals surface area contributed by atoms with Crippen LogP contribution in [0.15, 0.2) is 48.5 Å². The molecule has 2 N–H and O–H groups in total. The molecular formula is C17H19N3O3. The first-order valence-corrected chi connectivity index (χ1v) is 7.40. The lowest BCUT2D eigenvalue weighted by atomic mass is 10.1. The molecular weight excluding hydrogens is 294 g/mol. The van der Waals surface area contributed by atoms with E-state index >= 15 is 0 Å². The van der Waals surface area contributed by atoms with Gasteiger partial charge in [-0.15, -0.1) is 0 Å². The van der Waals surface area contributed by atoms with Gasteiger partial charge in [-0.25, -0.2) is 0 Å². The van der Waals surface area contributed by atoms with E-state index < -0.39 is 4.92 Å². The van der Waals surface area contributed by atoms with Gasteiger partial charge < -0.3 is 10.6 Å². The van der Waals surface area contributed by atoms with Crippen molar-refractivity contribution in [2.45, 2.75) is 12.8 Å². The number of nitrogens with zero attached hydrogens (tertiary/aromatic N) is 1. The highest BCUT2D eigenvalue weighted by atomic mass is 16.6. The molecule has 6 heteroatoms. The van der Waals surface area contributed by atoms with Crippen LogP contribution in [-0.4, -0.2) is 24.4 Å². The number of hydrogen-bond acceptors (Lipinski definition) is 4. The zero-order valence-electron chi connectivity index (χ0n) is 12.9. The fourth-order valence-electron chi connectivity index (χ4n) is 2.28. The number of benzene rings is 2. The maximum absolute atomic E-state index is 12.1. The van der Waals surface area contributed by atoms with Gasteiger partial charge in [0.25, 0.3) is 11.6 Å². The Hall–Kier alpha value is -2.89. The number of amides is 1. The Morgan fingerprint density at radius 3 is 2.57 bits per heavy atom. The number of anilines is 1. The highest BCUT2D eigenvalue weighted by Crippen LogP contribution is 2.24. The van der Waals surface area contributed by atoms with Crippen LogP contribution in [0, 0.1) is 10.1 Å². The molecule has 2 aromatic rings. The Morgan fingerprint density at radius 1 is 1.17 bits per heavy atom. The van der Waals surface area contributed by atoms with Crippen molar-refractivity contribution in [3.05, 3.63) is 69.8 Å². The third kappa shape index (κ3) is 4.54. The lowest BCUT2D eigenvalue weighted by molar-refractivity contribution is -0.384. The summed E-state index contributed by atoms with van der Waals surface area (Å²) in [7, 11) is 1.60. The van der Waals surface area contributed by atoms with Crippen LogP contribution in [0.25, 0.3) is 0 Å². The first kappa shape index (κ1) is 16.5. The lowest BCUT2D eigenvalue weighted by Gasteiger charge is -2.07. The fraction of sp³-hybridized carbons (Fsp3) is 0.235. The fourth-order valence-corrected chi connectivity index (χ4v) is 2.28. The van der Waals surface area contributed by atoms with Crippen molar-refractivity contribution >= 4 is 17.3 Å². The molecule has 0 atom stereocenters. The van der Waals surface area contributed by atoms with Gasteiger partial charge in [-0.3, -0.25) is 14.9 Å². The van der Waals surface area contributed by atoms with Crippen LogP contribution in [0.2, 0.25) is 0 Å². The van der Waals surface area contributed by atoms with Crippen LogP contribution in [0.4, 0.5) is 11.4 Å². The largest absolute Gasteiger partial charge is 0.383 e. The van der Waals surface area contributed by atoms with Gasteiger partial charge in [0.05, 0.1) is 4.92 Å². The van der Waals surface area contributed by atoms with Crippen molar-refractivity contribution in [3.8, 4) is 0 Å². The van der Waals surface area contributed by atoms with E-state index in [4.69, 9.17) is 0 Å². The molecule has 0 radical (unpaired) electrons. The molecule has 0 bridgehead atoms. The topological polar surface area (TPSA) is 84.3 Å². The number of nitrogens with one attached hydrogen (secondary N) is 2. The molecule has 0 fully saturated rings. The number of rotatable bonds is 7. The van der Waals surface area contributed by atoms with Gasteiger partial charge in [0, 0.05) is 25.2 Å². The standard InChI is InChI=1S/C17H19N3O3/c1-18-15-10-9-14(12-16(15)20(22)23)17(21)19-11-5-8-13-6-3-2-4-7-13/h2-4,6-7,9-10,12,18H,5,8,11H2,1H3,(H,19,21). The number of nitro groups is 1. The molecule has 0 spiro atoms. The second-order valence-corrected chi connectivity index (χ2v) is 5.08. The molecule has 120 valence electrons. The van der Waals surface area contributed by atoms with E-state index in [2.05, 4.69) is 10.6 Å². The van der Waals surface area contributed by atoms with Crippen LogP contribution in [0.1, 0.15) is 22.3 Å². The third-order valence-corrected chi connectivity index (χ3v) is 3.50. The maximum atomic E-state index is 12.1. The van der Waals surface area contributed by atoms with E-state index in [-0.39, 0.29) is 17.2 Å². The summed E-state index contributed by atoms with van der Waals surface area (Å²) < 4.78 is 0. The van der Waals surface area contributed by atoms with Crippen LogP contribution >= 0.6 is 0 Å². The summed E-state index contributed by atoms with van der Waals surface area (Å²) in [5.41, 5.74) is 1.78. The summed E-state index contributed by atoms with van der Waals surface area (Å²) >= 11 is 0. The highest BCUT2D eigenvalue weighted by molar-refractivity contribution is 5.95. The zero-order valence-corrected chi connectivity index (χ0v) is 12.9. The van der Waals surface area contributed by atoms with Crippen molar-refractivity contribution in [1.29, 1.82) is 0 Å². The Balaban J connectivity index is 1.90. The maximum Gasteiger partial charge on any atom is 0.293 e. The minimum atomic E-state index is -0.502. The summed E-state index contributed by atoms with van der Waals surface area (Å²) in [6.45, 7) is 0.523. The van der Waals surface area contributed by atoms with Gasteiger partial charge in [-0.2, -0.15) is 0 Å². The number of nitro benzene ring substituents is 1. The molecule has 1 amide bonds. The Bertz CT molecular complexity index is 687. The van der Waals surface area contributed by atoms with Gasteiger partial charge in [-0.05, 0) is 30.5 Å². The van der Waals surface area contributed by atoms with Gasteiger partial charge >= 0.3 is 0 Å². The lowest BCUT2D eigenvalue weighted by Crippen LogP contribution is -2.24. The third-order valence-electron chi connectivity index (χ3n) is 3.50. The Labute approximate surface area is 134 Å². The quantitative estimate of drug-likeness (QED) is 0.467. The van der Waals surface area contributed by atoms with Crippen LogP contribution in [0.3, 0.4) is 0 Å². The van der Waals surface area contributed by atoms with Crippen molar-refractivity contribution in [1.82, 2.24) is 5.32 Å². The minimum Gasteiger partial charge on any atom is -0.383 e. The van der Waals surface area contributed by atoms with Crippen LogP contribution in [-0.2, 0) is 6.42 Å².